The van der Waals surface area contributed by atoms with Crippen LogP contribution in [0.15, 0.2) is 42.6 Å². The van der Waals surface area contributed by atoms with Crippen molar-refractivity contribution in [2.24, 2.45) is 0 Å². The molecule has 1 amide bonds. The number of carbonyl (C=O) groups excluding carboxylic acids is 1. The predicted octanol–water partition coefficient (Wildman–Crippen LogP) is 4.80. The van der Waals surface area contributed by atoms with Crippen LogP contribution in [0, 0.1) is 0 Å². The van der Waals surface area contributed by atoms with Crippen molar-refractivity contribution in [3.05, 3.63) is 58.2 Å². The Kier molecular flexibility index (Phi) is 7.58. The Balaban J connectivity index is 2.10. The van der Waals surface area contributed by atoms with Crippen molar-refractivity contribution in [3.63, 3.8) is 0 Å². The Hall–Kier alpha value is -1.02. The number of hydrogen-bond donors (Lipinski definition) is 3. The number of nitrogens with zero attached hydrogens (tertiary/aromatic N) is 1. The number of carbonyl (C=O) groups is 1. The van der Waals surface area contributed by atoms with E-state index in [2.05, 4.69) is 20.9 Å². The standard InChI is InChI=1S/C15H11Cl5N4OS/c16-8-4-5-9(10(17)7-8)12(25)23-13(15(18,19)20)24-14(26)22-11-3-1-2-6-21-11/h1-7,13H,(H,23,25)(H2,21,22,24,26). The van der Waals surface area contributed by atoms with E-state index < -0.39 is 15.9 Å². The van der Waals surface area contributed by atoms with Gasteiger partial charge in [0.25, 0.3) is 5.91 Å². The van der Waals surface area contributed by atoms with E-state index in [1.54, 1.807) is 24.4 Å². The lowest BCUT2D eigenvalue weighted by atomic mass is 10.2. The van der Waals surface area contributed by atoms with Gasteiger partial charge in [-0.1, -0.05) is 64.1 Å². The van der Waals surface area contributed by atoms with E-state index in [0.717, 1.165) is 0 Å². The number of thiocarbonyl (C=S) groups is 1. The number of benzene rings is 1. The van der Waals surface area contributed by atoms with Crippen LogP contribution in [0.1, 0.15) is 10.4 Å². The zero-order valence-electron chi connectivity index (χ0n) is 12.8. The summed E-state index contributed by atoms with van der Waals surface area (Å²) in [5.41, 5.74) is 0.167. The first-order valence-corrected chi connectivity index (χ1v) is 9.28. The van der Waals surface area contributed by atoms with E-state index in [0.29, 0.717) is 10.8 Å². The topological polar surface area (TPSA) is 66.1 Å². The van der Waals surface area contributed by atoms with Crippen LogP contribution in [0.3, 0.4) is 0 Å². The molecule has 26 heavy (non-hydrogen) atoms. The maximum atomic E-state index is 12.4. The van der Waals surface area contributed by atoms with Gasteiger partial charge in [-0.3, -0.25) is 4.79 Å². The van der Waals surface area contributed by atoms with Gasteiger partial charge in [0, 0.05) is 11.2 Å². The number of pyridine rings is 1. The Labute approximate surface area is 180 Å². The smallest absolute Gasteiger partial charge is 0.254 e. The molecule has 1 aromatic carbocycles. The van der Waals surface area contributed by atoms with Crippen LogP contribution in [0.25, 0.3) is 0 Å². The van der Waals surface area contributed by atoms with Crippen LogP contribution in [0.2, 0.25) is 10.0 Å². The summed E-state index contributed by atoms with van der Waals surface area (Å²) in [4.78, 5) is 16.5. The van der Waals surface area contributed by atoms with Gasteiger partial charge in [0.15, 0.2) is 5.11 Å². The molecular weight excluding hydrogens is 462 g/mol. The third-order valence-electron chi connectivity index (χ3n) is 2.96. The second-order valence-electron chi connectivity index (χ2n) is 4.89. The molecule has 3 N–H and O–H groups in total. The minimum Gasteiger partial charge on any atom is -0.339 e. The summed E-state index contributed by atoms with van der Waals surface area (Å²) in [6.45, 7) is 0. The van der Waals surface area contributed by atoms with Crippen molar-refractivity contribution in [1.29, 1.82) is 0 Å². The molecular formula is C15H11Cl5N4OS. The molecule has 0 aliphatic rings. The van der Waals surface area contributed by atoms with Gasteiger partial charge in [0.05, 0.1) is 10.6 Å². The van der Waals surface area contributed by atoms with E-state index in [-0.39, 0.29) is 15.7 Å². The number of anilines is 1. The highest BCUT2D eigenvalue weighted by molar-refractivity contribution is 7.80. The number of nitrogens with one attached hydrogen (secondary N) is 3. The first-order valence-electron chi connectivity index (χ1n) is 6.98. The van der Waals surface area contributed by atoms with E-state index >= 15 is 0 Å². The highest BCUT2D eigenvalue weighted by Crippen LogP contribution is 2.30. The molecule has 0 aliphatic carbocycles. The van der Waals surface area contributed by atoms with Crippen LogP contribution >= 0.6 is 70.2 Å². The first kappa shape index (κ1) is 21.3. The van der Waals surface area contributed by atoms with Crippen LogP contribution < -0.4 is 16.0 Å². The molecule has 0 bridgehead atoms. The summed E-state index contributed by atoms with van der Waals surface area (Å²) in [7, 11) is 0. The SMILES string of the molecule is O=C(NC(NC(=S)Nc1ccccn1)C(Cl)(Cl)Cl)c1ccc(Cl)cc1Cl. The van der Waals surface area contributed by atoms with Crippen molar-refractivity contribution in [2.45, 2.75) is 9.96 Å². The van der Waals surface area contributed by atoms with Crippen LogP contribution in [-0.2, 0) is 0 Å². The Morgan fingerprint density at radius 1 is 1.12 bits per heavy atom. The molecule has 0 saturated carbocycles. The van der Waals surface area contributed by atoms with E-state index in [9.17, 15) is 4.79 Å². The van der Waals surface area contributed by atoms with Crippen molar-refractivity contribution in [3.8, 4) is 0 Å². The molecule has 138 valence electrons. The van der Waals surface area contributed by atoms with Gasteiger partial charge in [-0.25, -0.2) is 4.98 Å². The fraction of sp³-hybridized carbons (Fsp3) is 0.133. The zero-order valence-corrected chi connectivity index (χ0v) is 17.4. The van der Waals surface area contributed by atoms with Gasteiger partial charge in [-0.15, -0.1) is 0 Å². The summed E-state index contributed by atoms with van der Waals surface area (Å²) >= 11 is 34.8. The minimum absolute atomic E-state index is 0.0996. The van der Waals surface area contributed by atoms with Gasteiger partial charge in [-0.05, 0) is 42.5 Å². The minimum atomic E-state index is -1.90. The molecule has 2 rings (SSSR count). The van der Waals surface area contributed by atoms with Crippen molar-refractivity contribution >= 4 is 87.1 Å². The Morgan fingerprint density at radius 2 is 1.85 bits per heavy atom. The summed E-state index contributed by atoms with van der Waals surface area (Å²) in [5, 5.41) is 8.72. The van der Waals surface area contributed by atoms with Crippen LogP contribution in [-0.4, -0.2) is 26.0 Å². The van der Waals surface area contributed by atoms with Crippen LogP contribution in [0.5, 0.6) is 0 Å². The lowest BCUT2D eigenvalue weighted by Crippen LogP contribution is -2.56. The lowest BCUT2D eigenvalue weighted by molar-refractivity contribution is 0.0934. The normalized spacial score (nSPS) is 12.2. The molecule has 0 fully saturated rings. The largest absolute Gasteiger partial charge is 0.339 e. The molecule has 0 radical (unpaired) electrons. The monoisotopic (exact) mass is 470 g/mol. The molecule has 0 saturated heterocycles. The highest BCUT2D eigenvalue weighted by Gasteiger charge is 2.35. The number of aromatic nitrogens is 1. The zero-order chi connectivity index (χ0) is 19.3. The molecule has 2 aromatic rings. The first-order chi connectivity index (χ1) is 12.2. The quantitative estimate of drug-likeness (QED) is 0.339. The maximum Gasteiger partial charge on any atom is 0.254 e. The predicted molar refractivity (Wildman–Crippen MR) is 112 cm³/mol. The molecule has 1 atom stereocenters. The van der Waals surface area contributed by atoms with Gasteiger partial charge < -0.3 is 16.0 Å². The number of alkyl halides is 3. The molecule has 5 nitrogen and oxygen atoms in total. The third kappa shape index (κ3) is 6.30. The van der Waals surface area contributed by atoms with E-state index in [1.807, 2.05) is 0 Å². The average molecular weight is 473 g/mol. The number of rotatable bonds is 4. The number of hydrogen-bond acceptors (Lipinski definition) is 3. The molecule has 1 heterocycles. The fourth-order valence-corrected chi connectivity index (χ4v) is 2.85. The summed E-state index contributed by atoms with van der Waals surface area (Å²) in [6.07, 6.45) is 0.442. The van der Waals surface area contributed by atoms with Gasteiger partial charge in [0.1, 0.15) is 12.0 Å². The molecule has 1 unspecified atom stereocenters. The van der Waals surface area contributed by atoms with Crippen molar-refractivity contribution in [1.82, 2.24) is 15.6 Å². The highest BCUT2D eigenvalue weighted by atomic mass is 35.6. The number of halogens is 5. The van der Waals surface area contributed by atoms with Crippen LogP contribution in [0.4, 0.5) is 5.82 Å². The summed E-state index contributed by atoms with van der Waals surface area (Å²) in [5.74, 6) is -0.0868. The van der Waals surface area contributed by atoms with Gasteiger partial charge in [-0.2, -0.15) is 0 Å². The lowest BCUT2D eigenvalue weighted by Gasteiger charge is -2.27. The summed E-state index contributed by atoms with van der Waals surface area (Å²) < 4.78 is -1.90. The van der Waals surface area contributed by atoms with E-state index in [1.165, 1.54) is 18.2 Å². The van der Waals surface area contributed by atoms with Gasteiger partial charge in [0.2, 0.25) is 3.79 Å². The fourth-order valence-electron chi connectivity index (χ4n) is 1.80. The maximum absolute atomic E-state index is 12.4. The van der Waals surface area contributed by atoms with Crippen molar-refractivity contribution in [2.75, 3.05) is 5.32 Å². The Morgan fingerprint density at radius 3 is 2.42 bits per heavy atom. The van der Waals surface area contributed by atoms with E-state index in [4.69, 9.17) is 70.2 Å². The second kappa shape index (κ2) is 9.26. The van der Waals surface area contributed by atoms with Gasteiger partial charge >= 0.3 is 0 Å². The molecule has 0 aliphatic heterocycles. The second-order valence-corrected chi connectivity index (χ2v) is 8.51. The average Bonchev–Trinajstić information content (AvgIpc) is 2.54. The molecule has 1 aromatic heterocycles. The summed E-state index contributed by atoms with van der Waals surface area (Å²) in [6, 6.07) is 9.64. The Bertz CT molecular complexity index is 800. The molecule has 11 heteroatoms. The third-order valence-corrected chi connectivity index (χ3v) is 4.38. The van der Waals surface area contributed by atoms with Crippen molar-refractivity contribution < 1.29 is 4.79 Å². The molecule has 0 spiro atoms. The number of amides is 1.